The minimum Gasteiger partial charge on any atom is -0.443 e. The summed E-state index contributed by atoms with van der Waals surface area (Å²) in [4.78, 5) is 13.9. The molecular formula is C25H37N3O2. The number of aromatic nitrogens is 1. The van der Waals surface area contributed by atoms with Gasteiger partial charge in [-0.25, -0.2) is 4.79 Å². The fraction of sp³-hybridized carbons (Fsp3) is 0.640. The van der Waals surface area contributed by atoms with E-state index in [1.165, 1.54) is 42.1 Å². The molecule has 1 saturated heterocycles. The van der Waals surface area contributed by atoms with E-state index in [1.807, 2.05) is 0 Å². The van der Waals surface area contributed by atoms with Crippen LogP contribution in [0, 0.1) is 18.8 Å². The molecule has 0 spiro atoms. The predicted molar refractivity (Wildman–Crippen MR) is 121 cm³/mol. The van der Waals surface area contributed by atoms with Crippen LogP contribution in [0.2, 0.25) is 0 Å². The van der Waals surface area contributed by atoms with Gasteiger partial charge in [0.2, 0.25) is 0 Å². The summed E-state index contributed by atoms with van der Waals surface area (Å²) in [5.74, 6) is 1.74. The molecule has 0 radical (unpaired) electrons. The first-order chi connectivity index (χ1) is 14.4. The Morgan fingerprint density at radius 1 is 1.07 bits per heavy atom. The first-order valence-corrected chi connectivity index (χ1v) is 11.7. The molecule has 2 fully saturated rings. The minimum absolute atomic E-state index is 0.239. The van der Waals surface area contributed by atoms with E-state index in [-0.39, 0.29) is 6.61 Å². The average Bonchev–Trinajstić information content (AvgIpc) is 3.09. The normalized spacial score (nSPS) is 23.9. The third-order valence-corrected chi connectivity index (χ3v) is 7.50. The van der Waals surface area contributed by atoms with Crippen LogP contribution in [0.15, 0.2) is 24.3 Å². The Labute approximate surface area is 180 Å². The second kappa shape index (κ2) is 9.01. The van der Waals surface area contributed by atoms with Gasteiger partial charge in [0.1, 0.15) is 6.61 Å². The highest BCUT2D eigenvalue weighted by atomic mass is 16.5. The molecule has 1 aliphatic heterocycles. The lowest BCUT2D eigenvalue weighted by atomic mass is 9.79. The topological polar surface area (TPSA) is 60.5 Å². The Hall–Kier alpha value is -2.01. The predicted octanol–water partition coefficient (Wildman–Crippen LogP) is 5.40. The molecule has 0 unspecified atom stereocenters. The Balaban J connectivity index is 1.46. The zero-order valence-electron chi connectivity index (χ0n) is 18.8. The van der Waals surface area contributed by atoms with Crippen LogP contribution in [0.5, 0.6) is 0 Å². The molecule has 164 valence electrons. The summed E-state index contributed by atoms with van der Waals surface area (Å²) in [5, 5.41) is 1.22. The number of carbonyl (C=O) groups is 1. The number of nitrogens with zero attached hydrogens (tertiary/aromatic N) is 2. The van der Waals surface area contributed by atoms with Crippen molar-refractivity contribution < 1.29 is 9.53 Å². The summed E-state index contributed by atoms with van der Waals surface area (Å²) in [5.41, 5.74) is 8.77. The number of carbonyl (C=O) groups excluding carboxylic acids is 1. The Bertz CT molecular complexity index is 872. The molecule has 2 N–H and O–H groups in total. The number of aryl methyl sites for hydroxylation is 1. The number of nitrogens with two attached hydrogens (primary N) is 1. The molecular weight excluding hydrogens is 374 g/mol. The van der Waals surface area contributed by atoms with Gasteiger partial charge in [-0.3, -0.25) is 0 Å². The molecule has 2 aromatic rings. The van der Waals surface area contributed by atoms with Crippen molar-refractivity contribution in [2.75, 3.05) is 13.1 Å². The number of benzene rings is 1. The summed E-state index contributed by atoms with van der Waals surface area (Å²) in [6.07, 6.45) is 7.07. The van der Waals surface area contributed by atoms with E-state index < -0.39 is 6.09 Å². The van der Waals surface area contributed by atoms with Crippen molar-refractivity contribution in [1.82, 2.24) is 9.47 Å². The van der Waals surface area contributed by atoms with Crippen molar-refractivity contribution in [2.45, 2.75) is 78.0 Å². The molecule has 0 bridgehead atoms. The van der Waals surface area contributed by atoms with Gasteiger partial charge in [-0.15, -0.1) is 0 Å². The second-order valence-corrected chi connectivity index (χ2v) is 9.76. The van der Waals surface area contributed by atoms with Gasteiger partial charge in [-0.05, 0) is 75.5 Å². The van der Waals surface area contributed by atoms with Gasteiger partial charge in [0.25, 0.3) is 0 Å². The number of rotatable bonds is 5. The van der Waals surface area contributed by atoms with Gasteiger partial charge < -0.3 is 19.9 Å². The average molecular weight is 412 g/mol. The number of amides is 1. The SMILES string of the molecule is Cc1ccc2c(c1)cc(COC(N)=O)n2C1CCN([C@H]2CC[C@@H](C(C)C)CC2)CC1. The third kappa shape index (κ3) is 4.51. The standard InChI is InChI=1S/C25H37N3O2/c1-17(2)19-5-7-21(8-6-19)27-12-10-22(11-13-27)28-23(16-30-25(26)29)15-20-14-18(3)4-9-24(20)28/h4,9,14-15,17,19,21-22H,5-8,10-13,16H2,1-3H3,(H2,26,29)/t19-,21+. The largest absolute Gasteiger partial charge is 0.443 e. The molecule has 30 heavy (non-hydrogen) atoms. The molecule has 1 aromatic heterocycles. The second-order valence-electron chi connectivity index (χ2n) is 9.76. The molecule has 1 amide bonds. The van der Waals surface area contributed by atoms with Crippen LogP contribution in [-0.4, -0.2) is 34.7 Å². The minimum atomic E-state index is -0.713. The van der Waals surface area contributed by atoms with E-state index in [4.69, 9.17) is 10.5 Å². The molecule has 1 aliphatic carbocycles. The summed E-state index contributed by atoms with van der Waals surface area (Å²) in [6, 6.07) is 9.95. The van der Waals surface area contributed by atoms with Crippen molar-refractivity contribution in [2.24, 2.45) is 17.6 Å². The summed E-state index contributed by atoms with van der Waals surface area (Å²) in [7, 11) is 0. The lowest BCUT2D eigenvalue weighted by molar-refractivity contribution is 0.0876. The first-order valence-electron chi connectivity index (χ1n) is 11.7. The van der Waals surface area contributed by atoms with Crippen LogP contribution in [0.1, 0.15) is 69.7 Å². The highest BCUT2D eigenvalue weighted by Gasteiger charge is 2.31. The van der Waals surface area contributed by atoms with Crippen molar-refractivity contribution in [3.63, 3.8) is 0 Å². The monoisotopic (exact) mass is 411 g/mol. The molecule has 2 aliphatic rings. The fourth-order valence-corrected chi connectivity index (χ4v) is 5.74. The highest BCUT2D eigenvalue weighted by Crippen LogP contribution is 2.36. The number of hydrogen-bond acceptors (Lipinski definition) is 3. The van der Waals surface area contributed by atoms with Crippen molar-refractivity contribution in [3.05, 3.63) is 35.5 Å². The highest BCUT2D eigenvalue weighted by molar-refractivity contribution is 5.82. The zero-order chi connectivity index (χ0) is 21.3. The van der Waals surface area contributed by atoms with Gasteiger partial charge in [-0.2, -0.15) is 0 Å². The Kier molecular flexibility index (Phi) is 6.37. The van der Waals surface area contributed by atoms with Gasteiger partial charge in [0.05, 0.1) is 5.69 Å². The van der Waals surface area contributed by atoms with E-state index in [0.717, 1.165) is 49.5 Å². The summed E-state index contributed by atoms with van der Waals surface area (Å²) >= 11 is 0. The van der Waals surface area contributed by atoms with Crippen LogP contribution < -0.4 is 5.73 Å². The van der Waals surface area contributed by atoms with Crippen LogP contribution >= 0.6 is 0 Å². The smallest absolute Gasteiger partial charge is 0.404 e. The Morgan fingerprint density at radius 3 is 2.40 bits per heavy atom. The lowest BCUT2D eigenvalue weighted by Gasteiger charge is -2.42. The number of ether oxygens (including phenoxy) is 1. The number of piperidine rings is 1. The summed E-state index contributed by atoms with van der Waals surface area (Å²) in [6.45, 7) is 9.41. The van der Waals surface area contributed by atoms with E-state index in [2.05, 4.69) is 54.5 Å². The maximum absolute atomic E-state index is 11.2. The van der Waals surface area contributed by atoms with E-state index in [9.17, 15) is 4.79 Å². The van der Waals surface area contributed by atoms with Crippen molar-refractivity contribution >= 4 is 17.0 Å². The van der Waals surface area contributed by atoms with Crippen LogP contribution in [0.3, 0.4) is 0 Å². The van der Waals surface area contributed by atoms with Crippen molar-refractivity contribution in [1.29, 1.82) is 0 Å². The maximum atomic E-state index is 11.2. The zero-order valence-corrected chi connectivity index (χ0v) is 18.8. The molecule has 0 atom stereocenters. The molecule has 2 heterocycles. The van der Waals surface area contributed by atoms with Crippen LogP contribution in [0.4, 0.5) is 4.79 Å². The first kappa shape index (κ1) is 21.2. The fourth-order valence-electron chi connectivity index (χ4n) is 5.74. The van der Waals surface area contributed by atoms with E-state index in [0.29, 0.717) is 6.04 Å². The third-order valence-electron chi connectivity index (χ3n) is 7.50. The van der Waals surface area contributed by atoms with Gasteiger partial charge in [0, 0.05) is 36.1 Å². The number of hydrogen-bond donors (Lipinski definition) is 1. The van der Waals surface area contributed by atoms with Gasteiger partial charge >= 0.3 is 6.09 Å². The maximum Gasteiger partial charge on any atom is 0.404 e. The molecule has 5 heteroatoms. The quantitative estimate of drug-likeness (QED) is 0.717. The number of likely N-dealkylation sites (tertiary alicyclic amines) is 1. The van der Waals surface area contributed by atoms with E-state index >= 15 is 0 Å². The van der Waals surface area contributed by atoms with Crippen LogP contribution in [0.25, 0.3) is 10.9 Å². The molecule has 5 nitrogen and oxygen atoms in total. The lowest BCUT2D eigenvalue weighted by Crippen LogP contribution is -2.44. The summed E-state index contributed by atoms with van der Waals surface area (Å²) < 4.78 is 7.58. The Morgan fingerprint density at radius 2 is 1.77 bits per heavy atom. The van der Waals surface area contributed by atoms with E-state index in [1.54, 1.807) is 0 Å². The molecule has 1 aromatic carbocycles. The molecule has 4 rings (SSSR count). The number of primary amides is 1. The number of fused-ring (bicyclic) bond motifs is 1. The van der Waals surface area contributed by atoms with Crippen molar-refractivity contribution in [3.8, 4) is 0 Å². The molecule has 1 saturated carbocycles. The van der Waals surface area contributed by atoms with Crippen LogP contribution in [-0.2, 0) is 11.3 Å². The van der Waals surface area contributed by atoms with Gasteiger partial charge in [0.15, 0.2) is 0 Å². The van der Waals surface area contributed by atoms with Gasteiger partial charge in [-0.1, -0.05) is 25.5 Å².